The Bertz CT molecular complexity index is 3400. The highest BCUT2D eigenvalue weighted by Crippen LogP contribution is 2.52. The second kappa shape index (κ2) is 13.4. The lowest BCUT2D eigenvalue weighted by Gasteiger charge is -2.27. The van der Waals surface area contributed by atoms with Gasteiger partial charge in [0.25, 0.3) is 0 Å². The number of rotatable bonds is 4. The Morgan fingerprint density at radius 3 is 1.37 bits per heavy atom. The van der Waals surface area contributed by atoms with Crippen molar-refractivity contribution in [3.63, 3.8) is 0 Å². The van der Waals surface area contributed by atoms with Crippen LogP contribution in [-0.2, 0) is 0 Å². The van der Waals surface area contributed by atoms with Crippen molar-refractivity contribution in [3.8, 4) is 55.6 Å². The van der Waals surface area contributed by atoms with Crippen LogP contribution < -0.4 is 4.90 Å². The van der Waals surface area contributed by atoms with Gasteiger partial charge in [-0.3, -0.25) is 0 Å². The average Bonchev–Trinajstić information content (AvgIpc) is 3.43. The second-order valence-electron chi connectivity index (χ2n) is 15.7. The van der Waals surface area contributed by atoms with E-state index in [1.165, 1.54) is 104 Å². The van der Waals surface area contributed by atoms with Crippen molar-refractivity contribution >= 4 is 60.2 Å². The van der Waals surface area contributed by atoms with Gasteiger partial charge in [-0.2, -0.15) is 0 Å². The molecular formula is C58H37N. The van der Waals surface area contributed by atoms with Crippen LogP contribution in [0.2, 0.25) is 0 Å². The molecule has 0 amide bonds. The third-order valence-electron chi connectivity index (χ3n) is 12.4. The fourth-order valence-corrected chi connectivity index (χ4v) is 9.51. The molecule has 0 unspecified atom stereocenters. The smallest absolute Gasteiger partial charge is 0.0540 e. The molecule has 0 saturated heterocycles. The van der Waals surface area contributed by atoms with Crippen LogP contribution in [0.25, 0.3) is 98.7 Å². The summed E-state index contributed by atoms with van der Waals surface area (Å²) in [5, 5.41) is 10.2. The Kier molecular flexibility index (Phi) is 7.61. The Morgan fingerprint density at radius 2 is 0.678 bits per heavy atom. The molecule has 0 spiro atoms. The van der Waals surface area contributed by atoms with Crippen molar-refractivity contribution in [3.05, 3.63) is 224 Å². The minimum absolute atomic E-state index is 1.14. The zero-order chi connectivity index (χ0) is 38.9. The average molecular weight is 748 g/mol. The molecule has 0 saturated carbocycles. The van der Waals surface area contributed by atoms with Gasteiger partial charge in [-0.15, -0.1) is 0 Å². The van der Waals surface area contributed by atoms with Crippen molar-refractivity contribution in [2.75, 3.05) is 4.90 Å². The third kappa shape index (κ3) is 5.47. The molecule has 0 N–H and O–H groups in total. The fraction of sp³-hybridized carbons (Fsp3) is 0. The maximum absolute atomic E-state index is 2.43. The van der Waals surface area contributed by atoms with Gasteiger partial charge in [0.2, 0.25) is 0 Å². The Balaban J connectivity index is 0.988. The van der Waals surface area contributed by atoms with Crippen molar-refractivity contribution in [2.45, 2.75) is 0 Å². The first-order valence-corrected chi connectivity index (χ1v) is 20.4. The summed E-state index contributed by atoms with van der Waals surface area (Å²) >= 11 is 0. The van der Waals surface area contributed by atoms with Gasteiger partial charge in [0.05, 0.1) is 11.4 Å². The van der Waals surface area contributed by atoms with Crippen LogP contribution in [0.3, 0.4) is 0 Å². The topological polar surface area (TPSA) is 3.24 Å². The summed E-state index contributed by atoms with van der Waals surface area (Å²) < 4.78 is 0. The molecule has 11 aromatic carbocycles. The highest BCUT2D eigenvalue weighted by molar-refractivity contribution is 6.25. The lowest BCUT2D eigenvalue weighted by Crippen LogP contribution is -2.10. The molecule has 274 valence electrons. The van der Waals surface area contributed by atoms with Crippen LogP contribution in [0, 0.1) is 0 Å². The summed E-state index contributed by atoms with van der Waals surface area (Å²) in [6.45, 7) is 0. The second-order valence-corrected chi connectivity index (χ2v) is 15.7. The molecule has 59 heavy (non-hydrogen) atoms. The van der Waals surface area contributed by atoms with Gasteiger partial charge in [-0.25, -0.2) is 0 Å². The first-order chi connectivity index (χ1) is 29.2. The molecule has 1 nitrogen and oxygen atoms in total. The lowest BCUT2D eigenvalue weighted by atomic mass is 9.89. The first kappa shape index (κ1) is 33.4. The van der Waals surface area contributed by atoms with E-state index in [-0.39, 0.29) is 0 Å². The van der Waals surface area contributed by atoms with E-state index in [2.05, 4.69) is 229 Å². The molecule has 1 heteroatoms. The molecule has 0 aliphatic carbocycles. The molecule has 0 fully saturated rings. The van der Waals surface area contributed by atoms with E-state index in [0.717, 1.165) is 11.4 Å². The predicted octanol–water partition coefficient (Wildman–Crippen LogP) is 16.4. The van der Waals surface area contributed by atoms with Crippen LogP contribution in [0.15, 0.2) is 224 Å². The van der Waals surface area contributed by atoms with Gasteiger partial charge in [-0.05, 0) is 142 Å². The number of para-hydroxylation sites is 2. The molecule has 0 bridgehead atoms. The van der Waals surface area contributed by atoms with Crippen LogP contribution in [0.5, 0.6) is 0 Å². The molecule has 0 atom stereocenters. The van der Waals surface area contributed by atoms with Gasteiger partial charge < -0.3 is 4.90 Å². The van der Waals surface area contributed by atoms with Gasteiger partial charge in [0, 0.05) is 16.8 Å². The summed E-state index contributed by atoms with van der Waals surface area (Å²) in [6.07, 6.45) is 0. The predicted molar refractivity (Wildman–Crippen MR) is 252 cm³/mol. The van der Waals surface area contributed by atoms with E-state index in [1.54, 1.807) is 0 Å². The number of hydrogen-bond acceptors (Lipinski definition) is 1. The summed E-state index contributed by atoms with van der Waals surface area (Å²) in [7, 11) is 0. The molecule has 1 heterocycles. The Morgan fingerprint density at radius 1 is 0.220 bits per heavy atom. The van der Waals surface area contributed by atoms with Gasteiger partial charge >= 0.3 is 0 Å². The number of nitrogens with zero attached hydrogens (tertiary/aromatic N) is 1. The summed E-state index contributed by atoms with van der Waals surface area (Å²) in [6, 6.07) is 82.7. The zero-order valence-corrected chi connectivity index (χ0v) is 32.3. The van der Waals surface area contributed by atoms with Crippen LogP contribution >= 0.6 is 0 Å². The van der Waals surface area contributed by atoms with Gasteiger partial charge in [0.1, 0.15) is 0 Å². The Labute approximate surface area is 343 Å². The summed E-state index contributed by atoms with van der Waals surface area (Å²) in [4.78, 5) is 2.43. The van der Waals surface area contributed by atoms with Gasteiger partial charge in [-0.1, -0.05) is 170 Å². The van der Waals surface area contributed by atoms with E-state index in [0.29, 0.717) is 0 Å². The van der Waals surface area contributed by atoms with E-state index < -0.39 is 0 Å². The lowest BCUT2D eigenvalue weighted by molar-refractivity contribution is 1.29. The minimum atomic E-state index is 1.14. The van der Waals surface area contributed by atoms with Crippen LogP contribution in [-0.4, -0.2) is 0 Å². The largest absolute Gasteiger partial charge is 0.309 e. The quantitative estimate of drug-likeness (QED) is 0.162. The number of anilines is 3. The van der Waals surface area contributed by atoms with Gasteiger partial charge in [0.15, 0.2) is 0 Å². The molecular weight excluding hydrogens is 711 g/mol. The van der Waals surface area contributed by atoms with Crippen LogP contribution in [0.1, 0.15) is 0 Å². The molecule has 0 radical (unpaired) electrons. The molecule has 0 aromatic heterocycles. The zero-order valence-electron chi connectivity index (χ0n) is 32.3. The maximum atomic E-state index is 2.43. The van der Waals surface area contributed by atoms with Crippen molar-refractivity contribution in [2.24, 2.45) is 0 Å². The number of benzene rings is 11. The third-order valence-corrected chi connectivity index (χ3v) is 12.4. The monoisotopic (exact) mass is 747 g/mol. The highest BCUT2D eigenvalue weighted by Gasteiger charge is 2.27. The normalized spacial score (nSPS) is 12.0. The van der Waals surface area contributed by atoms with Crippen LogP contribution in [0.4, 0.5) is 17.1 Å². The summed E-state index contributed by atoms with van der Waals surface area (Å²) in [5.41, 5.74) is 15.6. The SMILES string of the molecule is c1ccc(-c2ccc3c(c2)-c2cc(-c4ccc5cc(-c6ccc7c8ccccc8c8ccccc8c7c6)ccc5c4)ccc2N(c2ccccc2)c2ccccc2-3)cc1. The summed E-state index contributed by atoms with van der Waals surface area (Å²) in [5.74, 6) is 0. The molecule has 12 rings (SSSR count). The standard InChI is InChI=1S/C58H37N/c1-3-13-38(14-4-1)43-27-31-52-53-21-11-12-22-57(53)59(46-15-5-2-6-16-46)58-32-29-45(37-56(58)55(52)35-43)42-26-24-39-33-41(25-23-40(39)34-42)44-28-30-51-49-19-8-7-17-47(49)48-18-9-10-20-50(48)54(51)36-44/h1-37H. The molecule has 1 aliphatic rings. The molecule has 1 aliphatic heterocycles. The number of fused-ring (bicyclic) bond motifs is 12. The van der Waals surface area contributed by atoms with E-state index in [9.17, 15) is 0 Å². The van der Waals surface area contributed by atoms with E-state index in [4.69, 9.17) is 0 Å². The minimum Gasteiger partial charge on any atom is -0.309 e. The van der Waals surface area contributed by atoms with Crippen molar-refractivity contribution in [1.82, 2.24) is 0 Å². The van der Waals surface area contributed by atoms with E-state index in [1.807, 2.05) is 0 Å². The number of hydrogen-bond donors (Lipinski definition) is 0. The maximum Gasteiger partial charge on any atom is 0.0540 e. The first-order valence-electron chi connectivity index (χ1n) is 20.4. The van der Waals surface area contributed by atoms with E-state index >= 15 is 0 Å². The Hall–Kier alpha value is -7.74. The highest BCUT2D eigenvalue weighted by atomic mass is 15.1. The fourth-order valence-electron chi connectivity index (χ4n) is 9.51. The van der Waals surface area contributed by atoms with Crippen molar-refractivity contribution < 1.29 is 0 Å². The molecule has 11 aromatic rings. The van der Waals surface area contributed by atoms with Crippen molar-refractivity contribution in [1.29, 1.82) is 0 Å².